The molecule has 1 aromatic heterocycles. The molecular formula is C11H15N5. The van der Waals surface area contributed by atoms with Gasteiger partial charge in [-0.2, -0.15) is 0 Å². The first-order chi connectivity index (χ1) is 7.79. The Hall–Kier alpha value is -1.58. The molecule has 1 aromatic rings. The summed E-state index contributed by atoms with van der Waals surface area (Å²) in [6.07, 6.45) is 3.66. The lowest BCUT2D eigenvalue weighted by molar-refractivity contribution is 0.318. The van der Waals surface area contributed by atoms with Gasteiger partial charge in [0.25, 0.3) is 0 Å². The van der Waals surface area contributed by atoms with E-state index in [0.717, 1.165) is 19.6 Å². The van der Waals surface area contributed by atoms with E-state index in [2.05, 4.69) is 32.9 Å². The third kappa shape index (κ3) is 2.51. The predicted molar refractivity (Wildman–Crippen MR) is 61.6 cm³/mol. The highest BCUT2D eigenvalue weighted by molar-refractivity contribution is 5.08. The fraction of sp³-hybridized carbons (Fsp3) is 0.545. The van der Waals surface area contributed by atoms with Crippen molar-refractivity contribution in [1.29, 1.82) is 0 Å². The molecule has 0 aromatic carbocycles. The molecule has 2 heterocycles. The smallest absolute Gasteiger partial charge is 0.0539 e. The number of aromatic nitrogens is 1. The molecule has 84 valence electrons. The fourth-order valence-electron chi connectivity index (χ4n) is 2.14. The molecule has 0 radical (unpaired) electrons. The Morgan fingerprint density at radius 1 is 1.62 bits per heavy atom. The van der Waals surface area contributed by atoms with E-state index in [1.165, 1.54) is 5.56 Å². The van der Waals surface area contributed by atoms with E-state index >= 15 is 0 Å². The standard InChI is InChI=1S/C11H15N5/c1-9-6-16(8-11(9)14-15-12)7-10-3-2-4-13-5-10/h2-5,9,11H,6-8H2,1H3/t9-,11-/m1/s1. The molecule has 1 aliphatic rings. The zero-order valence-electron chi connectivity index (χ0n) is 9.32. The topological polar surface area (TPSA) is 64.9 Å². The van der Waals surface area contributed by atoms with Crippen molar-refractivity contribution in [3.63, 3.8) is 0 Å². The largest absolute Gasteiger partial charge is 0.298 e. The molecule has 1 fully saturated rings. The summed E-state index contributed by atoms with van der Waals surface area (Å²) < 4.78 is 0. The van der Waals surface area contributed by atoms with Crippen molar-refractivity contribution < 1.29 is 0 Å². The van der Waals surface area contributed by atoms with Gasteiger partial charge in [-0.25, -0.2) is 0 Å². The van der Waals surface area contributed by atoms with Crippen LogP contribution in [0, 0.1) is 5.92 Å². The molecule has 2 rings (SSSR count). The number of rotatable bonds is 3. The van der Waals surface area contributed by atoms with Gasteiger partial charge < -0.3 is 0 Å². The number of hydrogen-bond donors (Lipinski definition) is 0. The minimum atomic E-state index is 0.113. The van der Waals surface area contributed by atoms with E-state index in [1.54, 1.807) is 6.20 Å². The quantitative estimate of drug-likeness (QED) is 0.442. The number of likely N-dealkylation sites (tertiary alicyclic amines) is 1. The van der Waals surface area contributed by atoms with E-state index in [4.69, 9.17) is 5.53 Å². The van der Waals surface area contributed by atoms with E-state index in [9.17, 15) is 0 Å². The highest BCUT2D eigenvalue weighted by atomic mass is 15.2. The van der Waals surface area contributed by atoms with Crippen LogP contribution in [0.5, 0.6) is 0 Å². The zero-order chi connectivity index (χ0) is 11.4. The first-order valence-corrected chi connectivity index (χ1v) is 5.45. The molecule has 0 aliphatic carbocycles. The van der Waals surface area contributed by atoms with Crippen molar-refractivity contribution in [2.75, 3.05) is 13.1 Å². The Morgan fingerprint density at radius 3 is 3.19 bits per heavy atom. The van der Waals surface area contributed by atoms with E-state index < -0.39 is 0 Å². The summed E-state index contributed by atoms with van der Waals surface area (Å²) >= 11 is 0. The van der Waals surface area contributed by atoms with Crippen molar-refractivity contribution in [1.82, 2.24) is 9.88 Å². The molecule has 0 unspecified atom stereocenters. The van der Waals surface area contributed by atoms with Gasteiger partial charge in [-0.1, -0.05) is 18.1 Å². The van der Waals surface area contributed by atoms with Gasteiger partial charge in [-0.05, 0) is 23.1 Å². The van der Waals surface area contributed by atoms with E-state index in [-0.39, 0.29) is 6.04 Å². The summed E-state index contributed by atoms with van der Waals surface area (Å²) in [5.74, 6) is 0.438. The lowest BCUT2D eigenvalue weighted by Crippen LogP contribution is -2.20. The van der Waals surface area contributed by atoms with Crippen LogP contribution in [0.2, 0.25) is 0 Å². The molecule has 16 heavy (non-hydrogen) atoms. The molecular weight excluding hydrogens is 202 g/mol. The second kappa shape index (κ2) is 4.96. The summed E-state index contributed by atoms with van der Waals surface area (Å²) in [7, 11) is 0. The second-order valence-corrected chi connectivity index (χ2v) is 4.30. The van der Waals surface area contributed by atoms with Crippen LogP contribution in [0.3, 0.4) is 0 Å². The Bertz CT molecular complexity index is 385. The molecule has 0 bridgehead atoms. The number of hydrogen-bond acceptors (Lipinski definition) is 3. The highest BCUT2D eigenvalue weighted by Crippen LogP contribution is 2.21. The number of azide groups is 1. The minimum absolute atomic E-state index is 0.113. The van der Waals surface area contributed by atoms with Crippen molar-refractivity contribution in [3.05, 3.63) is 40.5 Å². The van der Waals surface area contributed by atoms with Crippen LogP contribution in [0.1, 0.15) is 12.5 Å². The van der Waals surface area contributed by atoms with Crippen LogP contribution in [-0.4, -0.2) is 29.0 Å². The van der Waals surface area contributed by atoms with Gasteiger partial charge in [0.1, 0.15) is 0 Å². The first kappa shape index (κ1) is 10.9. The van der Waals surface area contributed by atoms with Gasteiger partial charge in [0.15, 0.2) is 0 Å². The molecule has 0 saturated carbocycles. The third-order valence-corrected chi connectivity index (χ3v) is 2.98. The molecule has 5 heteroatoms. The SMILES string of the molecule is C[C@@H]1CN(Cc2cccnc2)C[C@H]1N=[N+]=[N-]. The maximum atomic E-state index is 8.45. The summed E-state index contributed by atoms with van der Waals surface area (Å²) in [4.78, 5) is 9.29. The van der Waals surface area contributed by atoms with Gasteiger partial charge in [0.05, 0.1) is 6.04 Å². The lowest BCUT2D eigenvalue weighted by atomic mass is 10.1. The Morgan fingerprint density at radius 2 is 2.50 bits per heavy atom. The van der Waals surface area contributed by atoms with Crippen molar-refractivity contribution in [2.24, 2.45) is 11.0 Å². The Balaban J connectivity index is 1.96. The minimum Gasteiger partial charge on any atom is -0.298 e. The van der Waals surface area contributed by atoms with Gasteiger partial charge in [0.2, 0.25) is 0 Å². The molecule has 0 amide bonds. The first-order valence-electron chi connectivity index (χ1n) is 5.45. The summed E-state index contributed by atoms with van der Waals surface area (Å²) in [6, 6.07) is 4.12. The number of nitrogens with zero attached hydrogens (tertiary/aromatic N) is 5. The highest BCUT2D eigenvalue weighted by Gasteiger charge is 2.28. The van der Waals surface area contributed by atoms with Crippen molar-refractivity contribution in [3.8, 4) is 0 Å². The van der Waals surface area contributed by atoms with Crippen LogP contribution < -0.4 is 0 Å². The van der Waals surface area contributed by atoms with Gasteiger partial charge in [0, 0.05) is 36.9 Å². The van der Waals surface area contributed by atoms with Crippen molar-refractivity contribution in [2.45, 2.75) is 19.5 Å². The van der Waals surface area contributed by atoms with Crippen LogP contribution >= 0.6 is 0 Å². The normalized spacial score (nSPS) is 25.3. The number of pyridine rings is 1. The molecule has 0 N–H and O–H groups in total. The van der Waals surface area contributed by atoms with Gasteiger partial charge in [-0.3, -0.25) is 9.88 Å². The molecule has 5 nitrogen and oxygen atoms in total. The van der Waals surface area contributed by atoms with Crippen molar-refractivity contribution >= 4 is 0 Å². The predicted octanol–water partition coefficient (Wildman–Crippen LogP) is 2.21. The monoisotopic (exact) mass is 217 g/mol. The molecule has 1 saturated heterocycles. The third-order valence-electron chi connectivity index (χ3n) is 2.98. The van der Waals surface area contributed by atoms with Gasteiger partial charge >= 0.3 is 0 Å². The Kier molecular flexibility index (Phi) is 3.39. The average Bonchev–Trinajstić information content (AvgIpc) is 2.61. The van der Waals surface area contributed by atoms with E-state index in [1.807, 2.05) is 12.3 Å². The summed E-state index contributed by atoms with van der Waals surface area (Å²) in [5.41, 5.74) is 9.66. The van der Waals surface area contributed by atoms with Crippen LogP contribution in [0.15, 0.2) is 29.6 Å². The summed E-state index contributed by atoms with van der Waals surface area (Å²) in [6.45, 7) is 4.84. The Labute approximate surface area is 94.7 Å². The molecule has 1 aliphatic heterocycles. The maximum Gasteiger partial charge on any atom is 0.0539 e. The zero-order valence-corrected chi connectivity index (χ0v) is 9.32. The maximum absolute atomic E-state index is 8.45. The lowest BCUT2D eigenvalue weighted by Gasteiger charge is -2.14. The average molecular weight is 217 g/mol. The van der Waals surface area contributed by atoms with E-state index in [0.29, 0.717) is 5.92 Å². The fourth-order valence-corrected chi connectivity index (χ4v) is 2.14. The van der Waals surface area contributed by atoms with Crippen LogP contribution in [-0.2, 0) is 6.54 Å². The second-order valence-electron chi connectivity index (χ2n) is 4.30. The molecule has 0 spiro atoms. The van der Waals surface area contributed by atoms with Crippen LogP contribution in [0.4, 0.5) is 0 Å². The van der Waals surface area contributed by atoms with Gasteiger partial charge in [-0.15, -0.1) is 0 Å². The summed E-state index contributed by atoms with van der Waals surface area (Å²) in [5, 5.41) is 3.82. The van der Waals surface area contributed by atoms with Crippen LogP contribution in [0.25, 0.3) is 10.4 Å². The molecule has 2 atom stereocenters.